The average molecular weight is 260 g/mol. The molecule has 0 aromatic heterocycles. The van der Waals surface area contributed by atoms with Crippen molar-refractivity contribution in [2.24, 2.45) is 5.73 Å². The van der Waals surface area contributed by atoms with Crippen molar-refractivity contribution >= 4 is 0 Å². The van der Waals surface area contributed by atoms with Gasteiger partial charge in [-0.25, -0.2) is 0 Å². The molecule has 0 saturated carbocycles. The van der Waals surface area contributed by atoms with E-state index >= 15 is 0 Å². The summed E-state index contributed by atoms with van der Waals surface area (Å²) in [5, 5.41) is 3.61. The van der Waals surface area contributed by atoms with Crippen LogP contribution >= 0.6 is 0 Å². The fraction of sp³-hybridized carbons (Fsp3) is 0.500. The van der Waals surface area contributed by atoms with Crippen LogP contribution in [-0.4, -0.2) is 20.2 Å². The smallest absolute Gasteiger partial charge is 0.119 e. The molecular weight excluding hydrogens is 236 g/mol. The molecule has 0 fully saturated rings. The number of hydrogen-bond acceptors (Lipinski definition) is 3. The number of hydrogen-bond donors (Lipinski definition) is 2. The molecular formula is C16H24N2O. The van der Waals surface area contributed by atoms with Gasteiger partial charge in [0.25, 0.3) is 0 Å². The van der Waals surface area contributed by atoms with Crippen LogP contribution in [-0.2, 0) is 12.0 Å². The molecule has 1 unspecified atom stereocenters. The predicted molar refractivity (Wildman–Crippen MR) is 79.5 cm³/mol. The minimum Gasteiger partial charge on any atom is -0.497 e. The van der Waals surface area contributed by atoms with Crippen LogP contribution in [0.1, 0.15) is 30.9 Å². The van der Waals surface area contributed by atoms with Crippen molar-refractivity contribution in [2.75, 3.05) is 20.2 Å². The van der Waals surface area contributed by atoms with Gasteiger partial charge >= 0.3 is 0 Å². The summed E-state index contributed by atoms with van der Waals surface area (Å²) in [7, 11) is 1.70. The maximum absolute atomic E-state index is 6.10. The molecule has 0 saturated heterocycles. The molecule has 104 valence electrons. The Labute approximate surface area is 115 Å². The number of benzene rings is 1. The second kappa shape index (κ2) is 5.76. The molecule has 3 N–H and O–H groups in total. The van der Waals surface area contributed by atoms with Gasteiger partial charge in [-0.15, -0.1) is 0 Å². The van der Waals surface area contributed by atoms with Crippen LogP contribution in [0.4, 0.5) is 0 Å². The molecule has 0 heterocycles. The lowest BCUT2D eigenvalue weighted by Gasteiger charge is -2.39. The maximum Gasteiger partial charge on any atom is 0.119 e. The van der Waals surface area contributed by atoms with Gasteiger partial charge in [0.15, 0.2) is 0 Å². The molecule has 19 heavy (non-hydrogen) atoms. The number of fused-ring (bicyclic) bond motifs is 1. The lowest BCUT2D eigenvalue weighted by atomic mass is 9.76. The molecule has 0 radical (unpaired) electrons. The molecule has 3 nitrogen and oxygen atoms in total. The zero-order valence-electron chi connectivity index (χ0n) is 12.0. The number of rotatable bonds is 5. The molecule has 0 aliphatic heterocycles. The number of nitrogens with two attached hydrogens (primary N) is 1. The van der Waals surface area contributed by atoms with E-state index in [-0.39, 0.29) is 5.54 Å². The monoisotopic (exact) mass is 260 g/mol. The van der Waals surface area contributed by atoms with Crippen molar-refractivity contribution < 1.29 is 4.74 Å². The van der Waals surface area contributed by atoms with E-state index in [1.54, 1.807) is 7.11 Å². The normalized spacial score (nSPS) is 21.8. The first-order chi connectivity index (χ1) is 9.11. The second-order valence-electron chi connectivity index (χ2n) is 5.47. The summed E-state index contributed by atoms with van der Waals surface area (Å²) in [5.74, 6) is 0.899. The Bertz CT molecular complexity index is 470. The molecule has 3 heteroatoms. The number of aryl methyl sites for hydroxylation is 1. The highest BCUT2D eigenvalue weighted by atomic mass is 16.5. The lowest BCUT2D eigenvalue weighted by Crippen LogP contribution is -2.51. The third-order valence-corrected chi connectivity index (χ3v) is 3.96. The van der Waals surface area contributed by atoms with E-state index in [9.17, 15) is 0 Å². The Morgan fingerprint density at radius 2 is 2.32 bits per heavy atom. The predicted octanol–water partition coefficient (Wildman–Crippen LogP) is 2.35. The van der Waals surface area contributed by atoms with Crippen molar-refractivity contribution in [2.45, 2.75) is 31.7 Å². The quantitative estimate of drug-likeness (QED) is 0.799. The van der Waals surface area contributed by atoms with Gasteiger partial charge in [0, 0.05) is 13.1 Å². The minimum absolute atomic E-state index is 0.138. The molecule has 1 aliphatic rings. The van der Waals surface area contributed by atoms with Gasteiger partial charge in [0.2, 0.25) is 0 Å². The van der Waals surface area contributed by atoms with E-state index in [0.717, 1.165) is 30.7 Å². The maximum atomic E-state index is 6.10. The van der Waals surface area contributed by atoms with Crippen LogP contribution in [0.15, 0.2) is 30.4 Å². The SMILES string of the molecule is C=C(C)CNC1(CN)CCCc2ccc(OC)cc21. The Balaban J connectivity index is 2.38. The summed E-state index contributed by atoms with van der Waals surface area (Å²) >= 11 is 0. The summed E-state index contributed by atoms with van der Waals surface area (Å²) < 4.78 is 5.36. The highest BCUT2D eigenvalue weighted by Gasteiger charge is 2.35. The Kier molecular flexibility index (Phi) is 4.27. The number of ether oxygens (including phenoxy) is 1. The largest absolute Gasteiger partial charge is 0.497 e. The van der Waals surface area contributed by atoms with Crippen molar-refractivity contribution in [3.05, 3.63) is 41.5 Å². The minimum atomic E-state index is -0.138. The molecule has 1 atom stereocenters. The molecule has 1 aromatic rings. The summed E-state index contributed by atoms with van der Waals surface area (Å²) in [6, 6.07) is 6.33. The highest BCUT2D eigenvalue weighted by Crippen LogP contribution is 2.36. The zero-order chi connectivity index (χ0) is 13.9. The summed E-state index contributed by atoms with van der Waals surface area (Å²) in [4.78, 5) is 0. The van der Waals surface area contributed by atoms with E-state index < -0.39 is 0 Å². The topological polar surface area (TPSA) is 47.3 Å². The van der Waals surface area contributed by atoms with Crippen LogP contribution in [0.25, 0.3) is 0 Å². The average Bonchev–Trinajstić information content (AvgIpc) is 2.44. The van der Waals surface area contributed by atoms with E-state index in [1.165, 1.54) is 17.5 Å². The van der Waals surface area contributed by atoms with Crippen LogP contribution in [0.3, 0.4) is 0 Å². The second-order valence-corrected chi connectivity index (χ2v) is 5.47. The molecule has 1 aliphatic carbocycles. The fourth-order valence-electron chi connectivity index (χ4n) is 2.85. The van der Waals surface area contributed by atoms with E-state index in [1.807, 2.05) is 13.0 Å². The van der Waals surface area contributed by atoms with Gasteiger partial charge in [-0.2, -0.15) is 0 Å². The number of methoxy groups -OCH3 is 1. The van der Waals surface area contributed by atoms with Crippen LogP contribution in [0, 0.1) is 0 Å². The van der Waals surface area contributed by atoms with Gasteiger partial charge in [-0.3, -0.25) is 0 Å². The van der Waals surface area contributed by atoms with Crippen LogP contribution in [0.2, 0.25) is 0 Å². The van der Waals surface area contributed by atoms with Gasteiger partial charge in [-0.1, -0.05) is 18.2 Å². The number of nitrogens with one attached hydrogen (secondary N) is 1. The van der Waals surface area contributed by atoms with Crippen molar-refractivity contribution in [1.82, 2.24) is 5.32 Å². The van der Waals surface area contributed by atoms with Gasteiger partial charge < -0.3 is 15.8 Å². The molecule has 0 bridgehead atoms. The standard InChI is InChI=1S/C16H24N2O/c1-12(2)10-18-16(11-17)8-4-5-13-6-7-14(19-3)9-15(13)16/h6-7,9,18H,1,4-5,8,10-11,17H2,2-3H3. The third kappa shape index (κ3) is 2.82. The summed E-state index contributed by atoms with van der Waals surface area (Å²) in [6.45, 7) is 7.40. The highest BCUT2D eigenvalue weighted by molar-refractivity contribution is 5.42. The van der Waals surface area contributed by atoms with Gasteiger partial charge in [0.1, 0.15) is 5.75 Å². The summed E-state index contributed by atoms with van der Waals surface area (Å²) in [5.41, 5.74) is 9.76. The van der Waals surface area contributed by atoms with Crippen LogP contribution in [0.5, 0.6) is 5.75 Å². The first-order valence-electron chi connectivity index (χ1n) is 6.88. The van der Waals surface area contributed by atoms with Crippen LogP contribution < -0.4 is 15.8 Å². The third-order valence-electron chi connectivity index (χ3n) is 3.96. The van der Waals surface area contributed by atoms with Crippen molar-refractivity contribution in [1.29, 1.82) is 0 Å². The molecule has 0 amide bonds. The Morgan fingerprint density at radius 1 is 1.53 bits per heavy atom. The summed E-state index contributed by atoms with van der Waals surface area (Å²) in [6.07, 6.45) is 3.35. The Morgan fingerprint density at radius 3 is 2.95 bits per heavy atom. The fourth-order valence-corrected chi connectivity index (χ4v) is 2.85. The lowest BCUT2D eigenvalue weighted by molar-refractivity contribution is 0.300. The van der Waals surface area contributed by atoms with E-state index in [2.05, 4.69) is 24.0 Å². The van der Waals surface area contributed by atoms with E-state index in [4.69, 9.17) is 10.5 Å². The first-order valence-corrected chi connectivity index (χ1v) is 6.88. The van der Waals surface area contributed by atoms with Gasteiger partial charge in [0.05, 0.1) is 12.6 Å². The molecule has 0 spiro atoms. The molecule has 2 rings (SSSR count). The van der Waals surface area contributed by atoms with Crippen molar-refractivity contribution in [3.63, 3.8) is 0 Å². The zero-order valence-corrected chi connectivity index (χ0v) is 12.0. The van der Waals surface area contributed by atoms with E-state index in [0.29, 0.717) is 6.54 Å². The first kappa shape index (κ1) is 14.1. The van der Waals surface area contributed by atoms with Crippen molar-refractivity contribution in [3.8, 4) is 5.75 Å². The molecule has 1 aromatic carbocycles. The Hall–Kier alpha value is -1.32. The van der Waals surface area contributed by atoms with Gasteiger partial charge in [-0.05, 0) is 49.4 Å².